The topological polar surface area (TPSA) is 73.2 Å². The molecule has 0 radical (unpaired) electrons. The maximum atomic E-state index is 12.5. The first-order chi connectivity index (χ1) is 11.1. The van der Waals surface area contributed by atoms with Gasteiger partial charge in [-0.25, -0.2) is 0 Å². The fourth-order valence-corrected chi connectivity index (χ4v) is 2.38. The van der Waals surface area contributed by atoms with E-state index in [1.165, 1.54) is 7.11 Å². The van der Waals surface area contributed by atoms with Crippen molar-refractivity contribution in [2.24, 2.45) is 0 Å². The molecule has 1 amide bonds. The molecule has 2 aromatic heterocycles. The third-order valence-corrected chi connectivity index (χ3v) is 3.49. The largest absolute Gasteiger partial charge is 0.413 e. The van der Waals surface area contributed by atoms with Crippen molar-refractivity contribution in [3.05, 3.63) is 70.4 Å². The average Bonchev–Trinajstić information content (AvgIpc) is 2.56. The van der Waals surface area contributed by atoms with Crippen LogP contribution in [0.5, 0.6) is 0 Å². The minimum Gasteiger partial charge on any atom is -0.413 e. The van der Waals surface area contributed by atoms with Gasteiger partial charge in [-0.1, -0.05) is 17.7 Å². The number of amides is 1. The van der Waals surface area contributed by atoms with Gasteiger partial charge in [-0.05, 0) is 36.6 Å². The number of pyridine rings is 2. The van der Waals surface area contributed by atoms with Gasteiger partial charge < -0.3 is 10.2 Å². The molecule has 0 fully saturated rings. The molecule has 3 aromatic rings. The quantitative estimate of drug-likeness (QED) is 0.803. The Labute approximate surface area is 132 Å². The molecule has 0 unspecified atom stereocenters. The van der Waals surface area contributed by atoms with E-state index >= 15 is 0 Å². The number of anilines is 1. The summed E-state index contributed by atoms with van der Waals surface area (Å²) in [5, 5.41) is 3.91. The summed E-state index contributed by atoms with van der Waals surface area (Å²) >= 11 is 0. The van der Waals surface area contributed by atoms with Crippen molar-refractivity contribution in [3.8, 4) is 0 Å². The number of benzene rings is 1. The van der Waals surface area contributed by atoms with E-state index < -0.39 is 5.91 Å². The van der Waals surface area contributed by atoms with Crippen molar-refractivity contribution in [2.45, 2.75) is 6.92 Å². The molecule has 3 rings (SSSR count). The van der Waals surface area contributed by atoms with Gasteiger partial charge in [0.15, 0.2) is 0 Å². The summed E-state index contributed by atoms with van der Waals surface area (Å²) in [6, 6.07) is 10.4. The Bertz CT molecular complexity index is 933. The molecule has 0 saturated carbocycles. The van der Waals surface area contributed by atoms with E-state index in [-0.39, 0.29) is 11.3 Å². The van der Waals surface area contributed by atoms with Crippen molar-refractivity contribution >= 4 is 22.4 Å². The van der Waals surface area contributed by atoms with Gasteiger partial charge in [-0.2, -0.15) is 0 Å². The fourth-order valence-electron chi connectivity index (χ4n) is 2.38. The Morgan fingerprint density at radius 1 is 1.17 bits per heavy atom. The van der Waals surface area contributed by atoms with E-state index in [4.69, 9.17) is 4.84 Å². The number of carbonyl (C=O) groups excluding carboxylic acids is 1. The zero-order valence-electron chi connectivity index (χ0n) is 12.7. The highest BCUT2D eigenvalue weighted by Crippen LogP contribution is 2.15. The number of hydrogen-bond acceptors (Lipinski definition) is 4. The first kappa shape index (κ1) is 14.8. The van der Waals surface area contributed by atoms with Gasteiger partial charge >= 0.3 is 0 Å². The molecule has 2 heterocycles. The van der Waals surface area contributed by atoms with Crippen LogP contribution in [-0.2, 0) is 0 Å². The van der Waals surface area contributed by atoms with E-state index in [9.17, 15) is 9.59 Å². The number of carbonyl (C=O) groups is 1. The summed E-state index contributed by atoms with van der Waals surface area (Å²) in [6.45, 7) is 1.90. The number of aryl methyl sites for hydroxylation is 1. The molecule has 6 nitrogen and oxygen atoms in total. The molecule has 6 heteroatoms. The first-order valence-electron chi connectivity index (χ1n) is 7.02. The molecule has 0 spiro atoms. The molecule has 0 aliphatic heterocycles. The van der Waals surface area contributed by atoms with Crippen LogP contribution in [-0.4, -0.2) is 22.7 Å². The smallest absolute Gasteiger partial charge is 0.291 e. The van der Waals surface area contributed by atoms with Crippen molar-refractivity contribution in [1.29, 1.82) is 0 Å². The molecule has 116 valence electrons. The minimum atomic E-state index is -0.433. The Balaban J connectivity index is 2.11. The number of fused-ring (bicyclic) bond motifs is 1. The molecule has 23 heavy (non-hydrogen) atoms. The van der Waals surface area contributed by atoms with Crippen LogP contribution >= 0.6 is 0 Å². The summed E-state index contributed by atoms with van der Waals surface area (Å²) in [7, 11) is 1.35. The van der Waals surface area contributed by atoms with Crippen LogP contribution in [0.4, 0.5) is 5.69 Å². The Hall–Kier alpha value is -3.15. The molecular formula is C17H15N3O3. The fraction of sp³-hybridized carbons (Fsp3) is 0.118. The lowest BCUT2D eigenvalue weighted by atomic mass is 10.1. The third-order valence-electron chi connectivity index (χ3n) is 3.49. The van der Waals surface area contributed by atoms with Crippen molar-refractivity contribution in [3.63, 3.8) is 0 Å². The molecule has 0 aliphatic carbocycles. The van der Waals surface area contributed by atoms with Crippen LogP contribution in [0.25, 0.3) is 10.8 Å². The van der Waals surface area contributed by atoms with E-state index in [0.29, 0.717) is 16.5 Å². The Kier molecular flexibility index (Phi) is 3.80. The second kappa shape index (κ2) is 5.92. The Morgan fingerprint density at radius 2 is 1.91 bits per heavy atom. The lowest BCUT2D eigenvalue weighted by molar-refractivity contribution is 0.0952. The van der Waals surface area contributed by atoms with Crippen LogP contribution in [0, 0.1) is 6.92 Å². The highest BCUT2D eigenvalue weighted by atomic mass is 16.6. The number of hydrogen-bond donors (Lipinski definition) is 1. The van der Waals surface area contributed by atoms with Gasteiger partial charge in [0, 0.05) is 18.1 Å². The second-order valence-corrected chi connectivity index (χ2v) is 5.09. The lowest BCUT2D eigenvalue weighted by Gasteiger charge is -2.12. The van der Waals surface area contributed by atoms with Crippen LogP contribution in [0.2, 0.25) is 0 Å². The van der Waals surface area contributed by atoms with E-state index in [1.807, 2.05) is 19.1 Å². The highest BCUT2D eigenvalue weighted by Gasteiger charge is 2.16. The van der Waals surface area contributed by atoms with Gasteiger partial charge in [-0.15, -0.1) is 4.73 Å². The monoisotopic (exact) mass is 309 g/mol. The van der Waals surface area contributed by atoms with Crippen LogP contribution in [0.3, 0.4) is 0 Å². The summed E-state index contributed by atoms with van der Waals surface area (Å²) in [5.74, 6) is -0.433. The van der Waals surface area contributed by atoms with Crippen LogP contribution < -0.4 is 15.7 Å². The molecule has 0 bridgehead atoms. The van der Waals surface area contributed by atoms with Gasteiger partial charge in [0.1, 0.15) is 12.8 Å². The van der Waals surface area contributed by atoms with Gasteiger partial charge in [0.25, 0.3) is 11.5 Å². The van der Waals surface area contributed by atoms with Crippen molar-refractivity contribution < 1.29 is 9.63 Å². The zero-order valence-corrected chi connectivity index (χ0v) is 12.7. The lowest BCUT2D eigenvalue weighted by Crippen LogP contribution is -2.32. The van der Waals surface area contributed by atoms with E-state index in [1.54, 1.807) is 36.7 Å². The normalized spacial score (nSPS) is 10.5. The zero-order chi connectivity index (χ0) is 16.4. The van der Waals surface area contributed by atoms with Gasteiger partial charge in [0.05, 0.1) is 5.39 Å². The maximum absolute atomic E-state index is 12.5. The molecule has 1 N–H and O–H groups in total. The first-order valence-corrected chi connectivity index (χ1v) is 7.02. The average molecular weight is 309 g/mol. The molecular weight excluding hydrogens is 294 g/mol. The number of rotatable bonds is 3. The minimum absolute atomic E-state index is 0.130. The summed E-state index contributed by atoms with van der Waals surface area (Å²) in [6.07, 6.45) is 3.14. The molecule has 1 aromatic carbocycles. The standard InChI is InChI=1S/C17H15N3O3/c1-11-3-4-12-10-15(20(23-2)17(22)14(12)9-11)16(21)19-13-5-7-18-8-6-13/h3-10H,1-2H3,(H,18,19,21). The molecule has 0 atom stereocenters. The van der Waals surface area contributed by atoms with Crippen LogP contribution in [0.1, 0.15) is 16.1 Å². The van der Waals surface area contributed by atoms with E-state index in [2.05, 4.69) is 10.3 Å². The second-order valence-electron chi connectivity index (χ2n) is 5.09. The van der Waals surface area contributed by atoms with Gasteiger partial charge in [0.2, 0.25) is 0 Å². The van der Waals surface area contributed by atoms with E-state index in [0.717, 1.165) is 10.3 Å². The Morgan fingerprint density at radius 3 is 2.61 bits per heavy atom. The number of aromatic nitrogens is 2. The molecule has 0 saturated heterocycles. The highest BCUT2D eigenvalue weighted by molar-refractivity contribution is 6.04. The molecule has 0 aliphatic rings. The predicted octanol–water partition coefficient (Wildman–Crippen LogP) is 2.02. The maximum Gasteiger partial charge on any atom is 0.291 e. The van der Waals surface area contributed by atoms with Crippen molar-refractivity contribution in [1.82, 2.24) is 9.71 Å². The third kappa shape index (κ3) is 2.78. The summed E-state index contributed by atoms with van der Waals surface area (Å²) < 4.78 is 0.998. The van der Waals surface area contributed by atoms with Crippen LogP contribution in [0.15, 0.2) is 53.6 Å². The summed E-state index contributed by atoms with van der Waals surface area (Å²) in [5.41, 5.74) is 1.31. The number of nitrogens with zero attached hydrogens (tertiary/aromatic N) is 2. The summed E-state index contributed by atoms with van der Waals surface area (Å²) in [4.78, 5) is 34.0. The predicted molar refractivity (Wildman–Crippen MR) is 87.6 cm³/mol. The van der Waals surface area contributed by atoms with Gasteiger partial charge in [-0.3, -0.25) is 14.6 Å². The van der Waals surface area contributed by atoms with Crippen molar-refractivity contribution in [2.75, 3.05) is 12.4 Å². The SMILES string of the molecule is COn1c(C(=O)Nc2ccncc2)cc2ccc(C)cc2c1=O. The number of nitrogens with one attached hydrogen (secondary N) is 1.